The van der Waals surface area contributed by atoms with E-state index in [1.165, 1.54) is 0 Å². The van der Waals surface area contributed by atoms with Crippen molar-refractivity contribution in [1.82, 2.24) is 5.32 Å². The number of rotatable bonds is 9. The zero-order valence-corrected chi connectivity index (χ0v) is 13.8. The van der Waals surface area contributed by atoms with Crippen molar-refractivity contribution in [3.8, 4) is 23.0 Å². The fourth-order valence-corrected chi connectivity index (χ4v) is 2.15. The summed E-state index contributed by atoms with van der Waals surface area (Å²) in [5.41, 5.74) is 1.14. The summed E-state index contributed by atoms with van der Waals surface area (Å²) in [4.78, 5) is 0. The average Bonchev–Trinajstić information content (AvgIpc) is 2.60. The molecule has 0 saturated heterocycles. The predicted molar refractivity (Wildman–Crippen MR) is 89.7 cm³/mol. The van der Waals surface area contributed by atoms with Crippen LogP contribution in [0.15, 0.2) is 42.5 Å². The van der Waals surface area contributed by atoms with Crippen LogP contribution in [-0.2, 0) is 6.54 Å². The highest BCUT2D eigenvalue weighted by Crippen LogP contribution is 2.28. The Morgan fingerprint density at radius 2 is 1.61 bits per heavy atom. The molecular formula is C18H23NO4. The van der Waals surface area contributed by atoms with E-state index in [2.05, 4.69) is 5.32 Å². The fraction of sp³-hybridized carbons (Fsp3) is 0.333. The van der Waals surface area contributed by atoms with Crippen molar-refractivity contribution in [3.63, 3.8) is 0 Å². The summed E-state index contributed by atoms with van der Waals surface area (Å²) < 4.78 is 21.9. The molecule has 0 radical (unpaired) electrons. The smallest absolute Gasteiger partial charge is 0.161 e. The molecule has 0 aliphatic carbocycles. The molecule has 5 nitrogen and oxygen atoms in total. The summed E-state index contributed by atoms with van der Waals surface area (Å²) in [6.45, 7) is 1.66. The summed E-state index contributed by atoms with van der Waals surface area (Å²) in [6, 6.07) is 13.4. The lowest BCUT2D eigenvalue weighted by molar-refractivity contribution is 0.211. The second-order valence-electron chi connectivity index (χ2n) is 4.89. The van der Waals surface area contributed by atoms with Crippen LogP contribution in [0.2, 0.25) is 0 Å². The molecule has 0 heterocycles. The molecule has 0 aliphatic rings. The zero-order valence-electron chi connectivity index (χ0n) is 13.8. The molecule has 2 rings (SSSR count). The average molecular weight is 317 g/mol. The molecule has 0 bridgehead atoms. The number of hydrogen-bond donors (Lipinski definition) is 1. The van der Waals surface area contributed by atoms with Gasteiger partial charge in [0, 0.05) is 12.6 Å². The first-order chi connectivity index (χ1) is 11.3. The van der Waals surface area contributed by atoms with Gasteiger partial charge >= 0.3 is 0 Å². The molecule has 0 atom stereocenters. The minimum Gasteiger partial charge on any atom is -0.497 e. The van der Waals surface area contributed by atoms with Crippen LogP contribution >= 0.6 is 0 Å². The minimum atomic E-state index is 0.430. The van der Waals surface area contributed by atoms with Gasteiger partial charge in [-0.25, -0.2) is 0 Å². The number of hydrogen-bond acceptors (Lipinski definition) is 5. The standard InChI is InChI=1S/C18H23NO4/c1-19-13-14-7-8-17(18(11-14)21-3)23-10-9-22-16-6-4-5-15(12-16)20-2/h4-8,11-12,19H,9-10,13H2,1-3H3. The lowest BCUT2D eigenvalue weighted by Crippen LogP contribution is -2.10. The van der Waals surface area contributed by atoms with Crippen LogP contribution in [0.1, 0.15) is 5.56 Å². The number of ether oxygens (including phenoxy) is 4. The molecule has 0 amide bonds. The fourth-order valence-electron chi connectivity index (χ4n) is 2.15. The SMILES string of the molecule is CNCc1ccc(OCCOc2cccc(OC)c2)c(OC)c1. The van der Waals surface area contributed by atoms with E-state index in [0.29, 0.717) is 19.0 Å². The van der Waals surface area contributed by atoms with Crippen LogP contribution in [0.4, 0.5) is 0 Å². The van der Waals surface area contributed by atoms with Gasteiger partial charge in [-0.3, -0.25) is 0 Å². The van der Waals surface area contributed by atoms with E-state index in [0.717, 1.165) is 29.4 Å². The second-order valence-corrected chi connectivity index (χ2v) is 4.89. The molecule has 124 valence electrons. The molecule has 5 heteroatoms. The van der Waals surface area contributed by atoms with Gasteiger partial charge in [-0.05, 0) is 36.9 Å². The third-order valence-corrected chi connectivity index (χ3v) is 3.26. The molecule has 1 N–H and O–H groups in total. The second kappa shape index (κ2) is 8.90. The van der Waals surface area contributed by atoms with Gasteiger partial charge in [0.15, 0.2) is 11.5 Å². The van der Waals surface area contributed by atoms with Crippen molar-refractivity contribution in [3.05, 3.63) is 48.0 Å². The van der Waals surface area contributed by atoms with Crippen LogP contribution in [0.5, 0.6) is 23.0 Å². The van der Waals surface area contributed by atoms with Crippen LogP contribution in [-0.4, -0.2) is 34.5 Å². The molecular weight excluding hydrogens is 294 g/mol. The van der Waals surface area contributed by atoms with E-state index < -0.39 is 0 Å². The molecule has 0 fully saturated rings. The molecule has 0 saturated carbocycles. The van der Waals surface area contributed by atoms with Crippen LogP contribution in [0, 0.1) is 0 Å². The lowest BCUT2D eigenvalue weighted by atomic mass is 10.2. The minimum absolute atomic E-state index is 0.430. The van der Waals surface area contributed by atoms with Crippen molar-refractivity contribution in [1.29, 1.82) is 0 Å². The van der Waals surface area contributed by atoms with Gasteiger partial charge in [-0.1, -0.05) is 12.1 Å². The highest BCUT2D eigenvalue weighted by atomic mass is 16.5. The van der Waals surface area contributed by atoms with E-state index in [4.69, 9.17) is 18.9 Å². The van der Waals surface area contributed by atoms with E-state index in [1.807, 2.05) is 49.5 Å². The van der Waals surface area contributed by atoms with Crippen LogP contribution in [0.25, 0.3) is 0 Å². The Labute approximate surface area is 137 Å². The largest absolute Gasteiger partial charge is 0.497 e. The summed E-state index contributed by atoms with van der Waals surface area (Å²) in [6.07, 6.45) is 0. The highest BCUT2D eigenvalue weighted by Gasteiger charge is 2.06. The first kappa shape index (κ1) is 17.0. The van der Waals surface area contributed by atoms with Crippen molar-refractivity contribution in [2.45, 2.75) is 6.54 Å². The van der Waals surface area contributed by atoms with Crippen molar-refractivity contribution in [2.24, 2.45) is 0 Å². The lowest BCUT2D eigenvalue weighted by Gasteiger charge is -2.13. The Balaban J connectivity index is 1.85. The maximum absolute atomic E-state index is 5.74. The van der Waals surface area contributed by atoms with Crippen molar-refractivity contribution >= 4 is 0 Å². The van der Waals surface area contributed by atoms with Gasteiger partial charge in [0.25, 0.3) is 0 Å². The Kier molecular flexibility index (Phi) is 6.56. The maximum Gasteiger partial charge on any atom is 0.161 e. The summed E-state index contributed by atoms with van der Waals surface area (Å²) in [7, 11) is 5.18. The molecule has 23 heavy (non-hydrogen) atoms. The number of benzene rings is 2. The van der Waals surface area contributed by atoms with Gasteiger partial charge < -0.3 is 24.3 Å². The van der Waals surface area contributed by atoms with Gasteiger partial charge in [0.2, 0.25) is 0 Å². The molecule has 2 aromatic rings. The molecule has 0 aromatic heterocycles. The molecule has 0 aliphatic heterocycles. The number of nitrogens with one attached hydrogen (secondary N) is 1. The third-order valence-electron chi connectivity index (χ3n) is 3.26. The first-order valence-corrected chi connectivity index (χ1v) is 7.48. The Morgan fingerprint density at radius 3 is 2.35 bits per heavy atom. The van der Waals surface area contributed by atoms with E-state index in [1.54, 1.807) is 14.2 Å². The Bertz CT molecular complexity index is 616. The normalized spacial score (nSPS) is 10.2. The van der Waals surface area contributed by atoms with Crippen molar-refractivity contribution < 1.29 is 18.9 Å². The van der Waals surface area contributed by atoms with Crippen LogP contribution in [0.3, 0.4) is 0 Å². The Hall–Kier alpha value is -2.40. The van der Waals surface area contributed by atoms with Gasteiger partial charge in [0.1, 0.15) is 24.7 Å². The monoisotopic (exact) mass is 317 g/mol. The molecule has 2 aromatic carbocycles. The quantitative estimate of drug-likeness (QED) is 0.721. The van der Waals surface area contributed by atoms with E-state index in [9.17, 15) is 0 Å². The maximum atomic E-state index is 5.74. The zero-order chi connectivity index (χ0) is 16.5. The molecule has 0 unspecified atom stereocenters. The van der Waals surface area contributed by atoms with E-state index >= 15 is 0 Å². The topological polar surface area (TPSA) is 49.0 Å². The van der Waals surface area contributed by atoms with Crippen LogP contribution < -0.4 is 24.3 Å². The van der Waals surface area contributed by atoms with Gasteiger partial charge in [-0.2, -0.15) is 0 Å². The third kappa shape index (κ3) is 5.07. The Morgan fingerprint density at radius 1 is 0.826 bits per heavy atom. The highest BCUT2D eigenvalue weighted by molar-refractivity contribution is 5.43. The van der Waals surface area contributed by atoms with Gasteiger partial charge in [0.05, 0.1) is 14.2 Å². The van der Waals surface area contributed by atoms with Gasteiger partial charge in [-0.15, -0.1) is 0 Å². The summed E-state index contributed by atoms with van der Waals surface area (Å²) in [5.74, 6) is 2.95. The number of methoxy groups -OCH3 is 2. The van der Waals surface area contributed by atoms with E-state index in [-0.39, 0.29) is 0 Å². The first-order valence-electron chi connectivity index (χ1n) is 7.48. The summed E-state index contributed by atoms with van der Waals surface area (Å²) >= 11 is 0. The molecule has 0 spiro atoms. The summed E-state index contributed by atoms with van der Waals surface area (Å²) in [5, 5.41) is 3.11. The van der Waals surface area contributed by atoms with Crippen molar-refractivity contribution in [2.75, 3.05) is 34.5 Å². The predicted octanol–water partition coefficient (Wildman–Crippen LogP) is 2.88.